The minimum atomic E-state index is 0.548. The molecule has 0 saturated heterocycles. The molecule has 13 rings (SSSR count). The van der Waals surface area contributed by atoms with E-state index in [0.717, 1.165) is 82.7 Å². The number of fused-ring (bicyclic) bond motifs is 11. The lowest BCUT2D eigenvalue weighted by molar-refractivity contribution is 0.629. The summed E-state index contributed by atoms with van der Waals surface area (Å²) in [4.78, 5) is 15.9. The van der Waals surface area contributed by atoms with E-state index < -0.39 is 0 Å². The van der Waals surface area contributed by atoms with Crippen molar-refractivity contribution >= 4 is 86.1 Å². The van der Waals surface area contributed by atoms with Gasteiger partial charge in [0, 0.05) is 63.8 Å². The van der Waals surface area contributed by atoms with Gasteiger partial charge in [0.2, 0.25) is 5.95 Å². The zero-order valence-electron chi connectivity index (χ0n) is 32.0. The number of thiophene rings is 1. The van der Waals surface area contributed by atoms with E-state index in [1.807, 2.05) is 36.4 Å². The van der Waals surface area contributed by atoms with Crippen LogP contribution < -0.4 is 0 Å². The molecule has 0 radical (unpaired) electrons. The maximum absolute atomic E-state index is 6.81. The number of para-hydroxylation sites is 3. The van der Waals surface area contributed by atoms with Crippen LogP contribution in [0.25, 0.3) is 120 Å². The fourth-order valence-electron chi connectivity index (χ4n) is 9.10. The molecule has 60 heavy (non-hydrogen) atoms. The molecule has 0 aliphatic carbocycles. The fraction of sp³-hybridized carbons (Fsp3) is 0. The number of furan rings is 1. The van der Waals surface area contributed by atoms with Crippen molar-refractivity contribution in [2.45, 2.75) is 0 Å². The summed E-state index contributed by atoms with van der Waals surface area (Å²) < 4.78 is 13.9. The van der Waals surface area contributed by atoms with Gasteiger partial charge in [0.1, 0.15) is 5.76 Å². The predicted octanol–water partition coefficient (Wildman–Crippen LogP) is 14.2. The van der Waals surface area contributed by atoms with Gasteiger partial charge in [-0.05, 0) is 48.5 Å². The monoisotopic (exact) mass is 785 g/mol. The van der Waals surface area contributed by atoms with Crippen molar-refractivity contribution in [1.82, 2.24) is 24.1 Å². The van der Waals surface area contributed by atoms with Crippen molar-refractivity contribution in [2.24, 2.45) is 0 Å². The van der Waals surface area contributed by atoms with Crippen LogP contribution in [-0.4, -0.2) is 24.1 Å². The lowest BCUT2D eigenvalue weighted by atomic mass is 10.1. The van der Waals surface area contributed by atoms with Gasteiger partial charge in [-0.15, -0.1) is 11.3 Å². The summed E-state index contributed by atoms with van der Waals surface area (Å²) in [6, 6.07) is 65.9. The van der Waals surface area contributed by atoms with Crippen LogP contribution in [0.2, 0.25) is 0 Å². The highest BCUT2D eigenvalue weighted by molar-refractivity contribution is 7.25. The van der Waals surface area contributed by atoms with Crippen molar-refractivity contribution in [2.75, 3.05) is 0 Å². The SMILES string of the molecule is c1ccc(-c2nc(-c3ccc4sc5ccccc5c4c3)nc(-n3c4ccccc4c4ccc5c6ccccc6n(-c6cccc7cc(-c8ccccc8)oc67)c5c43)n2)cc1. The molecule has 0 aliphatic rings. The number of nitrogens with zero attached hydrogens (tertiary/aromatic N) is 5. The molecule has 0 saturated carbocycles. The normalized spacial score (nSPS) is 12.0. The van der Waals surface area contributed by atoms with Crippen molar-refractivity contribution < 1.29 is 4.42 Å². The average molecular weight is 786 g/mol. The number of aromatic nitrogens is 5. The number of hydrogen-bond donors (Lipinski definition) is 0. The van der Waals surface area contributed by atoms with Crippen molar-refractivity contribution in [3.63, 3.8) is 0 Å². The van der Waals surface area contributed by atoms with Crippen LogP contribution in [-0.2, 0) is 0 Å². The van der Waals surface area contributed by atoms with Gasteiger partial charge in [-0.3, -0.25) is 4.57 Å². The van der Waals surface area contributed by atoms with E-state index in [1.165, 1.54) is 20.2 Å². The van der Waals surface area contributed by atoms with Crippen LogP contribution in [0.4, 0.5) is 0 Å². The van der Waals surface area contributed by atoms with E-state index in [4.69, 9.17) is 19.4 Å². The molecule has 280 valence electrons. The summed E-state index contributed by atoms with van der Waals surface area (Å²) in [5.41, 5.74) is 8.82. The minimum absolute atomic E-state index is 0.548. The first kappa shape index (κ1) is 33.1. The lowest BCUT2D eigenvalue weighted by Crippen LogP contribution is -2.07. The molecular weight excluding hydrogens is 755 g/mol. The maximum Gasteiger partial charge on any atom is 0.238 e. The molecule has 0 unspecified atom stereocenters. The average Bonchev–Trinajstić information content (AvgIpc) is 4.09. The van der Waals surface area contributed by atoms with Crippen LogP contribution >= 0.6 is 11.3 Å². The lowest BCUT2D eigenvalue weighted by Gasteiger charge is -2.13. The number of hydrogen-bond acceptors (Lipinski definition) is 5. The minimum Gasteiger partial charge on any atom is -0.454 e. The highest BCUT2D eigenvalue weighted by Gasteiger charge is 2.25. The molecule has 0 amide bonds. The highest BCUT2D eigenvalue weighted by Crippen LogP contribution is 2.44. The Morgan fingerprint density at radius 1 is 0.400 bits per heavy atom. The molecule has 8 aromatic carbocycles. The van der Waals surface area contributed by atoms with E-state index in [0.29, 0.717) is 17.6 Å². The molecule has 0 N–H and O–H groups in total. The van der Waals surface area contributed by atoms with Crippen molar-refractivity contribution in [3.05, 3.63) is 188 Å². The Hall–Kier alpha value is -7.87. The number of benzene rings is 8. The Labute approximate surface area is 346 Å². The molecule has 5 aromatic heterocycles. The van der Waals surface area contributed by atoms with E-state index in [1.54, 1.807) is 11.3 Å². The first-order valence-electron chi connectivity index (χ1n) is 20.0. The number of rotatable bonds is 5. The van der Waals surface area contributed by atoms with Gasteiger partial charge in [0.25, 0.3) is 0 Å². The van der Waals surface area contributed by atoms with Crippen molar-refractivity contribution in [3.8, 4) is 45.7 Å². The van der Waals surface area contributed by atoms with E-state index >= 15 is 0 Å². The summed E-state index contributed by atoms with van der Waals surface area (Å²) >= 11 is 1.81. The summed E-state index contributed by atoms with van der Waals surface area (Å²) in [6.45, 7) is 0. The van der Waals surface area contributed by atoms with Crippen LogP contribution in [0.15, 0.2) is 192 Å². The molecule has 5 heterocycles. The smallest absolute Gasteiger partial charge is 0.238 e. The molecule has 0 fully saturated rings. The Kier molecular flexibility index (Phi) is 7.08. The van der Waals surface area contributed by atoms with E-state index in [9.17, 15) is 0 Å². The summed E-state index contributed by atoms with van der Waals surface area (Å²) in [7, 11) is 0. The second kappa shape index (κ2) is 12.8. The molecular formula is C53H31N5OS. The Morgan fingerprint density at radius 3 is 1.75 bits per heavy atom. The second-order valence-electron chi connectivity index (χ2n) is 15.2. The van der Waals surface area contributed by atoms with Gasteiger partial charge < -0.3 is 8.98 Å². The highest BCUT2D eigenvalue weighted by atomic mass is 32.1. The summed E-state index contributed by atoms with van der Waals surface area (Å²) in [5, 5.41) is 7.96. The molecule has 0 bridgehead atoms. The second-order valence-corrected chi connectivity index (χ2v) is 16.3. The Morgan fingerprint density at radius 2 is 1.00 bits per heavy atom. The van der Waals surface area contributed by atoms with Gasteiger partial charge in [0.05, 0.1) is 27.8 Å². The van der Waals surface area contributed by atoms with E-state index in [-0.39, 0.29) is 0 Å². The Bertz CT molecular complexity index is 3840. The quantitative estimate of drug-likeness (QED) is 0.174. The molecule has 0 atom stereocenters. The maximum atomic E-state index is 6.81. The summed E-state index contributed by atoms with van der Waals surface area (Å²) in [5.74, 6) is 2.60. The first-order chi connectivity index (χ1) is 29.7. The van der Waals surface area contributed by atoms with Gasteiger partial charge in [-0.1, -0.05) is 140 Å². The summed E-state index contributed by atoms with van der Waals surface area (Å²) in [6.07, 6.45) is 0. The van der Waals surface area contributed by atoms with Crippen molar-refractivity contribution in [1.29, 1.82) is 0 Å². The zero-order chi connectivity index (χ0) is 39.3. The molecule has 0 aliphatic heterocycles. The van der Waals surface area contributed by atoms with Crippen LogP contribution in [0.5, 0.6) is 0 Å². The standard InChI is InChI=1S/C53H31N5OS/c1-3-14-32(15-4-1)45-31-34-18-13-24-44(50(34)59-45)57-42-22-10-7-19-36(42)39-27-28-40-37-20-8-11-23-43(37)58(49(40)48(39)57)53-55-51(33-16-5-2-6-17-33)54-52(56-53)35-26-29-47-41(30-35)38-21-9-12-25-46(38)60-47/h1-31H. The molecule has 7 heteroatoms. The van der Waals surface area contributed by atoms with Crippen LogP contribution in [0.3, 0.4) is 0 Å². The zero-order valence-corrected chi connectivity index (χ0v) is 32.8. The predicted molar refractivity (Wildman–Crippen MR) is 247 cm³/mol. The first-order valence-corrected chi connectivity index (χ1v) is 20.8. The largest absolute Gasteiger partial charge is 0.454 e. The fourth-order valence-corrected chi connectivity index (χ4v) is 10.2. The van der Waals surface area contributed by atoms with Crippen LogP contribution in [0, 0.1) is 0 Å². The van der Waals surface area contributed by atoms with Crippen LogP contribution in [0.1, 0.15) is 0 Å². The molecule has 0 spiro atoms. The third kappa shape index (κ3) is 4.90. The molecule has 13 aromatic rings. The van der Waals surface area contributed by atoms with Gasteiger partial charge in [-0.2, -0.15) is 9.97 Å². The Balaban J connectivity index is 1.15. The third-order valence-electron chi connectivity index (χ3n) is 11.8. The van der Waals surface area contributed by atoms with Gasteiger partial charge in [-0.25, -0.2) is 4.98 Å². The molecule has 6 nitrogen and oxygen atoms in total. The van der Waals surface area contributed by atoms with E-state index in [2.05, 4.69) is 161 Å². The topological polar surface area (TPSA) is 61.7 Å². The third-order valence-corrected chi connectivity index (χ3v) is 12.9. The van der Waals surface area contributed by atoms with Gasteiger partial charge in [0.15, 0.2) is 17.2 Å². The van der Waals surface area contributed by atoms with Gasteiger partial charge >= 0.3 is 0 Å².